The minimum atomic E-state index is -0.498. The molecule has 0 saturated carbocycles. The monoisotopic (exact) mass is 411 g/mol. The van der Waals surface area contributed by atoms with E-state index in [1.807, 2.05) is 71.6 Å². The number of esters is 1. The van der Waals surface area contributed by atoms with Gasteiger partial charge in [0.15, 0.2) is 5.78 Å². The van der Waals surface area contributed by atoms with Crippen molar-refractivity contribution >= 4 is 28.8 Å². The Balaban J connectivity index is 2.18. The van der Waals surface area contributed by atoms with Crippen LogP contribution in [0, 0.1) is 0 Å². The number of hydrogen-bond acceptors (Lipinski definition) is 4. The topological polar surface area (TPSA) is 46.6 Å². The summed E-state index contributed by atoms with van der Waals surface area (Å²) in [5, 5.41) is 0. The molecule has 31 heavy (non-hydrogen) atoms. The maximum Gasteiger partial charge on any atom is 0.338 e. The molecule has 3 aromatic rings. The van der Waals surface area contributed by atoms with E-state index >= 15 is 0 Å². The van der Waals surface area contributed by atoms with Crippen molar-refractivity contribution < 1.29 is 14.3 Å². The summed E-state index contributed by atoms with van der Waals surface area (Å²) in [4.78, 5) is 26.6. The van der Waals surface area contributed by atoms with Crippen LogP contribution < -0.4 is 9.64 Å². The van der Waals surface area contributed by atoms with Gasteiger partial charge in [-0.25, -0.2) is 4.79 Å². The third-order valence-electron chi connectivity index (χ3n) is 4.71. The first kappa shape index (κ1) is 21.8. The molecule has 3 rings (SSSR count). The van der Waals surface area contributed by atoms with Gasteiger partial charge in [-0.05, 0) is 55.3 Å². The molecule has 0 atom stereocenters. The third-order valence-corrected chi connectivity index (χ3v) is 4.71. The first-order valence-corrected chi connectivity index (χ1v) is 9.96. The SMILES string of the molecule is C=C(C)C(=O)Cc1ccc(OC(=O)C(=C)C)cc1N(c1ccccc1)c1ccccc1. The Morgan fingerprint density at radius 2 is 1.35 bits per heavy atom. The number of ketones is 1. The van der Waals surface area contributed by atoms with Gasteiger partial charge < -0.3 is 9.64 Å². The van der Waals surface area contributed by atoms with Crippen molar-refractivity contribution in [2.24, 2.45) is 0 Å². The van der Waals surface area contributed by atoms with E-state index in [0.717, 1.165) is 22.6 Å². The molecule has 0 saturated heterocycles. The number of para-hydroxylation sites is 2. The highest BCUT2D eigenvalue weighted by atomic mass is 16.5. The molecule has 0 N–H and O–H groups in total. The van der Waals surface area contributed by atoms with Crippen LogP contribution in [0.1, 0.15) is 19.4 Å². The number of anilines is 3. The number of rotatable bonds is 8. The molecule has 4 nitrogen and oxygen atoms in total. The fraction of sp³-hybridized carbons (Fsp3) is 0.111. The number of benzene rings is 3. The van der Waals surface area contributed by atoms with Crippen LogP contribution in [0.3, 0.4) is 0 Å². The van der Waals surface area contributed by atoms with Crippen molar-refractivity contribution in [1.82, 2.24) is 0 Å². The number of allylic oxidation sites excluding steroid dienone is 1. The van der Waals surface area contributed by atoms with Gasteiger partial charge in [-0.3, -0.25) is 4.79 Å². The van der Waals surface area contributed by atoms with Gasteiger partial charge in [0.25, 0.3) is 0 Å². The summed E-state index contributed by atoms with van der Waals surface area (Å²) in [5.41, 5.74) is 4.19. The number of ether oxygens (including phenoxy) is 1. The van der Waals surface area contributed by atoms with Crippen molar-refractivity contribution in [2.75, 3.05) is 4.90 Å². The van der Waals surface area contributed by atoms with E-state index in [9.17, 15) is 9.59 Å². The molecule has 0 aliphatic rings. The van der Waals surface area contributed by atoms with Crippen LogP contribution in [0.15, 0.2) is 103 Å². The maximum absolute atomic E-state index is 12.5. The predicted molar refractivity (Wildman–Crippen MR) is 125 cm³/mol. The molecule has 4 heteroatoms. The van der Waals surface area contributed by atoms with E-state index in [2.05, 4.69) is 13.2 Å². The standard InChI is InChI=1S/C27H25NO3/c1-19(2)26(29)17-21-15-16-24(31-27(30)20(3)4)18-25(21)28(22-11-7-5-8-12-22)23-13-9-6-10-14-23/h5-16,18H,1,3,17H2,2,4H3. The second kappa shape index (κ2) is 9.72. The Hall–Kier alpha value is -3.92. The molecule has 0 bridgehead atoms. The van der Waals surface area contributed by atoms with Crippen LogP contribution in [0.25, 0.3) is 0 Å². The number of hydrogen-bond donors (Lipinski definition) is 0. The van der Waals surface area contributed by atoms with Gasteiger partial charge in [0.05, 0.1) is 5.69 Å². The van der Waals surface area contributed by atoms with E-state index < -0.39 is 5.97 Å². The molecule has 3 aromatic carbocycles. The van der Waals surface area contributed by atoms with Crippen molar-refractivity contribution in [3.63, 3.8) is 0 Å². The van der Waals surface area contributed by atoms with Crippen LogP contribution in [0.5, 0.6) is 5.75 Å². The van der Waals surface area contributed by atoms with E-state index in [-0.39, 0.29) is 12.2 Å². The molecule has 0 heterocycles. The summed E-state index contributed by atoms with van der Waals surface area (Å²) < 4.78 is 5.48. The van der Waals surface area contributed by atoms with E-state index in [1.165, 1.54) is 0 Å². The first-order valence-electron chi connectivity index (χ1n) is 9.96. The maximum atomic E-state index is 12.5. The third kappa shape index (κ3) is 5.37. The molecule has 0 spiro atoms. The zero-order valence-corrected chi connectivity index (χ0v) is 17.8. The van der Waals surface area contributed by atoms with Crippen LogP contribution >= 0.6 is 0 Å². The minimum absolute atomic E-state index is 0.0472. The Bertz CT molecular complexity index is 1080. The van der Waals surface area contributed by atoms with Crippen molar-refractivity contribution in [1.29, 1.82) is 0 Å². The highest BCUT2D eigenvalue weighted by molar-refractivity contribution is 5.97. The van der Waals surface area contributed by atoms with E-state index in [1.54, 1.807) is 26.0 Å². The average molecular weight is 412 g/mol. The Labute approximate surface area is 183 Å². The summed E-state index contributed by atoms with van der Waals surface area (Å²) >= 11 is 0. The van der Waals surface area contributed by atoms with Crippen molar-refractivity contribution in [2.45, 2.75) is 20.3 Å². The Morgan fingerprint density at radius 1 is 0.806 bits per heavy atom. The van der Waals surface area contributed by atoms with Crippen LogP contribution in [0.2, 0.25) is 0 Å². The lowest BCUT2D eigenvalue weighted by atomic mass is 10.0. The second-order valence-corrected chi connectivity index (χ2v) is 7.35. The van der Waals surface area contributed by atoms with E-state index in [0.29, 0.717) is 16.9 Å². The fourth-order valence-corrected chi connectivity index (χ4v) is 3.06. The summed E-state index contributed by atoms with van der Waals surface area (Å²) in [7, 11) is 0. The molecule has 0 fully saturated rings. The summed E-state index contributed by atoms with van der Waals surface area (Å²) in [5.74, 6) is -0.164. The molecule has 0 aliphatic heterocycles. The van der Waals surface area contributed by atoms with Crippen LogP contribution in [0.4, 0.5) is 17.1 Å². The lowest BCUT2D eigenvalue weighted by molar-refractivity contribution is -0.130. The van der Waals surface area contributed by atoms with Gasteiger partial charge in [-0.2, -0.15) is 0 Å². The van der Waals surface area contributed by atoms with Crippen molar-refractivity contribution in [3.05, 3.63) is 109 Å². The lowest BCUT2D eigenvalue weighted by Crippen LogP contribution is -2.15. The Kier molecular flexibility index (Phi) is 6.83. The highest BCUT2D eigenvalue weighted by Gasteiger charge is 2.19. The molecule has 156 valence electrons. The second-order valence-electron chi connectivity index (χ2n) is 7.35. The quantitative estimate of drug-likeness (QED) is 0.247. The lowest BCUT2D eigenvalue weighted by Gasteiger charge is -2.28. The predicted octanol–water partition coefficient (Wildman–Crippen LogP) is 6.33. The number of Topliss-reactive ketones (excluding diaryl/α,β-unsaturated/α-hetero) is 1. The van der Waals surface area contributed by atoms with Gasteiger partial charge >= 0.3 is 5.97 Å². The average Bonchev–Trinajstić information content (AvgIpc) is 2.77. The van der Waals surface area contributed by atoms with Crippen molar-refractivity contribution in [3.8, 4) is 5.75 Å². The zero-order valence-electron chi connectivity index (χ0n) is 17.8. The first-order chi connectivity index (χ1) is 14.9. The Morgan fingerprint density at radius 3 is 1.84 bits per heavy atom. The number of nitrogens with zero attached hydrogens (tertiary/aromatic N) is 1. The largest absolute Gasteiger partial charge is 0.423 e. The molecular formula is C27H25NO3. The zero-order chi connectivity index (χ0) is 22.4. The minimum Gasteiger partial charge on any atom is -0.423 e. The number of carbonyl (C=O) groups excluding carboxylic acids is 2. The fourth-order valence-electron chi connectivity index (χ4n) is 3.06. The smallest absolute Gasteiger partial charge is 0.338 e. The summed E-state index contributed by atoms with van der Waals surface area (Å²) in [6.45, 7) is 10.7. The van der Waals surface area contributed by atoms with E-state index in [4.69, 9.17) is 4.74 Å². The van der Waals surface area contributed by atoms with Gasteiger partial charge in [0.2, 0.25) is 0 Å². The van der Waals surface area contributed by atoms with Gasteiger partial charge in [0, 0.05) is 29.4 Å². The normalized spacial score (nSPS) is 10.3. The van der Waals surface area contributed by atoms with Gasteiger partial charge in [0.1, 0.15) is 5.75 Å². The summed E-state index contributed by atoms with van der Waals surface area (Å²) in [6, 6.07) is 25.0. The van der Waals surface area contributed by atoms with Gasteiger partial charge in [-0.1, -0.05) is 55.6 Å². The molecular weight excluding hydrogens is 386 g/mol. The van der Waals surface area contributed by atoms with Gasteiger partial charge in [-0.15, -0.1) is 0 Å². The number of carbonyl (C=O) groups is 2. The highest BCUT2D eigenvalue weighted by Crippen LogP contribution is 2.38. The van der Waals surface area contributed by atoms with Crippen LogP contribution in [-0.2, 0) is 16.0 Å². The molecule has 0 aliphatic carbocycles. The molecule has 0 unspecified atom stereocenters. The molecule has 0 aromatic heterocycles. The molecule has 0 radical (unpaired) electrons. The molecule has 0 amide bonds. The summed E-state index contributed by atoms with van der Waals surface area (Å²) in [6.07, 6.45) is 0.190. The van der Waals surface area contributed by atoms with Crippen LogP contribution in [-0.4, -0.2) is 11.8 Å².